The molecular formula is C8H17N3OS. The van der Waals surface area contributed by atoms with E-state index in [1.54, 1.807) is 0 Å². The summed E-state index contributed by atoms with van der Waals surface area (Å²) in [5.74, 6) is 0.185. The standard InChI is InChI=1S/C8H17N3OS/c1-3-4-6(2)11-7(12)5-13-8(9)10/h6H,3-5H2,1-2H3,(H3,9,10)(H,11,12). The second kappa shape index (κ2) is 6.77. The lowest BCUT2D eigenvalue weighted by atomic mass is 10.2. The zero-order valence-corrected chi connectivity index (χ0v) is 8.91. The van der Waals surface area contributed by atoms with E-state index in [-0.39, 0.29) is 22.9 Å². The molecule has 0 fully saturated rings. The van der Waals surface area contributed by atoms with Crippen molar-refractivity contribution in [3.63, 3.8) is 0 Å². The lowest BCUT2D eigenvalue weighted by Crippen LogP contribution is -2.34. The fourth-order valence-electron chi connectivity index (χ4n) is 0.965. The minimum absolute atomic E-state index is 0.0155. The number of hydrogen-bond donors (Lipinski definition) is 3. The van der Waals surface area contributed by atoms with Crippen LogP contribution in [-0.4, -0.2) is 22.9 Å². The van der Waals surface area contributed by atoms with Gasteiger partial charge in [-0.3, -0.25) is 10.2 Å². The number of nitrogens with one attached hydrogen (secondary N) is 2. The Morgan fingerprint density at radius 1 is 1.69 bits per heavy atom. The van der Waals surface area contributed by atoms with Crippen LogP contribution in [-0.2, 0) is 4.79 Å². The summed E-state index contributed by atoms with van der Waals surface area (Å²) in [5.41, 5.74) is 5.10. The molecule has 0 aliphatic carbocycles. The molecule has 4 N–H and O–H groups in total. The summed E-state index contributed by atoms with van der Waals surface area (Å²) in [5, 5.41) is 9.72. The molecule has 5 heteroatoms. The van der Waals surface area contributed by atoms with E-state index in [1.807, 2.05) is 6.92 Å². The van der Waals surface area contributed by atoms with Gasteiger partial charge in [0.25, 0.3) is 0 Å². The summed E-state index contributed by atoms with van der Waals surface area (Å²) in [6, 6.07) is 0.213. The molecule has 0 bridgehead atoms. The van der Waals surface area contributed by atoms with Gasteiger partial charge in [0.1, 0.15) is 0 Å². The van der Waals surface area contributed by atoms with Gasteiger partial charge in [-0.25, -0.2) is 0 Å². The van der Waals surface area contributed by atoms with Crippen LogP contribution in [0.1, 0.15) is 26.7 Å². The average Bonchev–Trinajstić information content (AvgIpc) is 2.01. The summed E-state index contributed by atoms with van der Waals surface area (Å²) in [6.07, 6.45) is 2.04. The van der Waals surface area contributed by atoms with Crippen LogP contribution in [0.15, 0.2) is 0 Å². The van der Waals surface area contributed by atoms with Crippen molar-refractivity contribution in [1.82, 2.24) is 5.32 Å². The van der Waals surface area contributed by atoms with Crippen LogP contribution in [0.25, 0.3) is 0 Å². The summed E-state index contributed by atoms with van der Waals surface area (Å²) in [6.45, 7) is 4.05. The third-order valence-corrected chi connectivity index (χ3v) is 2.21. The maximum absolute atomic E-state index is 11.1. The van der Waals surface area contributed by atoms with Gasteiger partial charge in [0.2, 0.25) is 5.91 Å². The van der Waals surface area contributed by atoms with Crippen molar-refractivity contribution in [3.05, 3.63) is 0 Å². The normalized spacial score (nSPS) is 12.2. The summed E-state index contributed by atoms with van der Waals surface area (Å²) in [4.78, 5) is 11.1. The quantitative estimate of drug-likeness (QED) is 0.459. The second-order valence-corrected chi connectivity index (χ2v) is 3.93. The molecule has 0 heterocycles. The number of amidine groups is 1. The first kappa shape index (κ1) is 12.3. The van der Waals surface area contributed by atoms with Crippen LogP contribution in [0, 0.1) is 5.41 Å². The molecule has 1 amide bonds. The molecule has 76 valence electrons. The van der Waals surface area contributed by atoms with Crippen molar-refractivity contribution in [1.29, 1.82) is 5.41 Å². The monoisotopic (exact) mass is 203 g/mol. The third kappa shape index (κ3) is 7.64. The van der Waals surface area contributed by atoms with Crippen LogP contribution >= 0.6 is 11.8 Å². The van der Waals surface area contributed by atoms with Crippen molar-refractivity contribution in [3.8, 4) is 0 Å². The summed E-state index contributed by atoms with van der Waals surface area (Å²) in [7, 11) is 0. The highest BCUT2D eigenvalue weighted by molar-refractivity contribution is 8.14. The molecule has 0 aromatic carbocycles. The number of thioether (sulfide) groups is 1. The molecule has 1 atom stereocenters. The molecule has 0 saturated carbocycles. The van der Waals surface area contributed by atoms with Gasteiger partial charge >= 0.3 is 0 Å². The van der Waals surface area contributed by atoms with Gasteiger partial charge in [0.15, 0.2) is 5.17 Å². The minimum atomic E-state index is -0.0545. The lowest BCUT2D eigenvalue weighted by molar-refractivity contribution is -0.119. The van der Waals surface area contributed by atoms with Crippen molar-refractivity contribution >= 4 is 22.8 Å². The van der Waals surface area contributed by atoms with Gasteiger partial charge in [0.05, 0.1) is 5.75 Å². The van der Waals surface area contributed by atoms with E-state index >= 15 is 0 Å². The SMILES string of the molecule is CCCC(C)NC(=O)CSC(=N)N. The molecule has 0 rings (SSSR count). The number of rotatable bonds is 5. The van der Waals surface area contributed by atoms with Gasteiger partial charge in [-0.05, 0) is 13.3 Å². The fraction of sp³-hybridized carbons (Fsp3) is 0.750. The van der Waals surface area contributed by atoms with Gasteiger partial charge in [-0.1, -0.05) is 25.1 Å². The second-order valence-electron chi connectivity index (χ2n) is 2.91. The molecule has 0 radical (unpaired) electrons. The van der Waals surface area contributed by atoms with E-state index in [9.17, 15) is 4.79 Å². The Bertz CT molecular complexity index is 184. The van der Waals surface area contributed by atoms with E-state index in [4.69, 9.17) is 11.1 Å². The smallest absolute Gasteiger partial charge is 0.230 e. The Kier molecular flexibility index (Phi) is 6.40. The van der Waals surface area contributed by atoms with Crippen LogP contribution in [0.5, 0.6) is 0 Å². The average molecular weight is 203 g/mol. The molecule has 0 aliphatic rings. The minimum Gasteiger partial charge on any atom is -0.379 e. The topological polar surface area (TPSA) is 79.0 Å². The van der Waals surface area contributed by atoms with Crippen molar-refractivity contribution in [2.75, 3.05) is 5.75 Å². The molecule has 1 unspecified atom stereocenters. The van der Waals surface area contributed by atoms with Gasteiger partial charge in [-0.15, -0.1) is 0 Å². The van der Waals surface area contributed by atoms with E-state index in [1.165, 1.54) is 0 Å². The molecule has 0 aromatic rings. The predicted molar refractivity (Wildman–Crippen MR) is 56.9 cm³/mol. The van der Waals surface area contributed by atoms with Crippen molar-refractivity contribution in [2.45, 2.75) is 32.7 Å². The van der Waals surface area contributed by atoms with Gasteiger partial charge < -0.3 is 11.1 Å². The first-order valence-corrected chi connectivity index (χ1v) is 5.31. The largest absolute Gasteiger partial charge is 0.379 e. The summed E-state index contributed by atoms with van der Waals surface area (Å²) < 4.78 is 0. The number of amides is 1. The van der Waals surface area contributed by atoms with E-state index < -0.39 is 0 Å². The molecule has 0 aliphatic heterocycles. The Morgan fingerprint density at radius 2 is 2.31 bits per heavy atom. The van der Waals surface area contributed by atoms with Crippen LogP contribution in [0.3, 0.4) is 0 Å². The molecule has 0 spiro atoms. The molecular weight excluding hydrogens is 186 g/mol. The van der Waals surface area contributed by atoms with E-state index in [0.717, 1.165) is 24.6 Å². The zero-order chi connectivity index (χ0) is 10.3. The molecule has 13 heavy (non-hydrogen) atoms. The van der Waals surface area contributed by atoms with Crippen LogP contribution < -0.4 is 11.1 Å². The number of hydrogen-bond acceptors (Lipinski definition) is 3. The number of nitrogens with two attached hydrogens (primary N) is 1. The number of carbonyl (C=O) groups is 1. The maximum Gasteiger partial charge on any atom is 0.230 e. The van der Waals surface area contributed by atoms with Crippen molar-refractivity contribution < 1.29 is 4.79 Å². The first-order valence-electron chi connectivity index (χ1n) is 4.32. The Hall–Kier alpha value is -0.710. The van der Waals surface area contributed by atoms with Gasteiger partial charge in [-0.2, -0.15) is 0 Å². The lowest BCUT2D eigenvalue weighted by Gasteiger charge is -2.11. The molecule has 0 saturated heterocycles. The molecule has 0 aromatic heterocycles. The van der Waals surface area contributed by atoms with E-state index in [0.29, 0.717) is 0 Å². The zero-order valence-electron chi connectivity index (χ0n) is 8.09. The Morgan fingerprint density at radius 3 is 2.77 bits per heavy atom. The molecule has 4 nitrogen and oxygen atoms in total. The van der Waals surface area contributed by atoms with Crippen molar-refractivity contribution in [2.24, 2.45) is 5.73 Å². The van der Waals surface area contributed by atoms with Crippen LogP contribution in [0.2, 0.25) is 0 Å². The third-order valence-electron chi connectivity index (χ3n) is 1.49. The Balaban J connectivity index is 3.55. The highest BCUT2D eigenvalue weighted by Crippen LogP contribution is 1.99. The fourth-order valence-corrected chi connectivity index (χ4v) is 1.33. The number of carbonyl (C=O) groups excluding carboxylic acids is 1. The maximum atomic E-state index is 11.1. The van der Waals surface area contributed by atoms with Gasteiger partial charge in [0, 0.05) is 6.04 Å². The summed E-state index contributed by atoms with van der Waals surface area (Å²) >= 11 is 1.05. The highest BCUT2D eigenvalue weighted by Gasteiger charge is 2.06. The first-order chi connectivity index (χ1) is 6.06. The van der Waals surface area contributed by atoms with Crippen LogP contribution in [0.4, 0.5) is 0 Å². The Labute approximate surface area is 83.2 Å². The predicted octanol–water partition coefficient (Wildman–Crippen LogP) is 0.918. The van der Waals surface area contributed by atoms with E-state index in [2.05, 4.69) is 12.2 Å². The highest BCUT2D eigenvalue weighted by atomic mass is 32.2.